The predicted octanol–water partition coefficient (Wildman–Crippen LogP) is 4.60. The first kappa shape index (κ1) is 18.1. The molecule has 2 N–H and O–H groups in total. The van der Waals surface area contributed by atoms with Gasteiger partial charge >= 0.3 is 0 Å². The Labute approximate surface area is 165 Å². The summed E-state index contributed by atoms with van der Waals surface area (Å²) < 4.78 is 5.83. The van der Waals surface area contributed by atoms with Crippen molar-refractivity contribution in [2.24, 2.45) is 0 Å². The molecule has 1 aliphatic rings. The van der Waals surface area contributed by atoms with Crippen LogP contribution in [0.3, 0.4) is 0 Å². The average Bonchev–Trinajstić information content (AvgIpc) is 3.34. The van der Waals surface area contributed by atoms with Crippen molar-refractivity contribution in [3.8, 4) is 11.8 Å². The number of aryl methyl sites for hydroxylation is 1. The molecule has 3 aromatic rings. The lowest BCUT2D eigenvalue weighted by atomic mass is 9.75. The first-order valence-electron chi connectivity index (χ1n) is 9.48. The molecule has 0 radical (unpaired) electrons. The number of nitrogens with one attached hydrogen (secondary N) is 2. The number of aromatic nitrogens is 2. The van der Waals surface area contributed by atoms with Crippen molar-refractivity contribution in [2.45, 2.75) is 32.1 Å². The van der Waals surface area contributed by atoms with E-state index in [1.165, 1.54) is 16.8 Å². The third-order valence-electron chi connectivity index (χ3n) is 5.73. The van der Waals surface area contributed by atoms with Crippen LogP contribution in [0.25, 0.3) is 11.0 Å². The van der Waals surface area contributed by atoms with Crippen LogP contribution in [0, 0.1) is 18.3 Å². The van der Waals surface area contributed by atoms with E-state index in [-0.39, 0.29) is 0 Å². The van der Waals surface area contributed by atoms with Gasteiger partial charge in [0, 0.05) is 17.8 Å². The van der Waals surface area contributed by atoms with Crippen molar-refractivity contribution in [3.05, 3.63) is 65.0 Å². The number of anilines is 1. The molecule has 0 spiro atoms. The van der Waals surface area contributed by atoms with Crippen molar-refractivity contribution in [2.75, 3.05) is 19.0 Å². The monoisotopic (exact) mass is 372 g/mol. The van der Waals surface area contributed by atoms with Crippen LogP contribution in [-0.4, -0.2) is 23.6 Å². The molecule has 2 aromatic carbocycles. The predicted molar refractivity (Wildman–Crippen MR) is 112 cm³/mol. The number of ether oxygens (including phenoxy) is 1. The normalized spacial score (nSPS) is 14.8. The van der Waals surface area contributed by atoms with Gasteiger partial charge in [-0.25, -0.2) is 4.98 Å². The summed E-state index contributed by atoms with van der Waals surface area (Å²) in [7, 11) is 1.72. The number of hydrogen-bond donors (Lipinski definition) is 2. The molecular weight excluding hydrogens is 348 g/mol. The zero-order valence-electron chi connectivity index (χ0n) is 16.5. The number of H-pyrrole nitrogens is 1. The molecule has 1 aliphatic heterocycles. The summed E-state index contributed by atoms with van der Waals surface area (Å²) in [5.41, 5.74) is 6.73. The van der Waals surface area contributed by atoms with Crippen LogP contribution in [-0.2, 0) is 11.8 Å². The number of fused-ring (bicyclic) bond motifs is 2. The van der Waals surface area contributed by atoms with Gasteiger partial charge < -0.3 is 15.0 Å². The second-order valence-electron chi connectivity index (χ2n) is 7.56. The van der Waals surface area contributed by atoms with E-state index in [1.807, 2.05) is 24.3 Å². The number of nitriles is 1. The summed E-state index contributed by atoms with van der Waals surface area (Å²) in [6.07, 6.45) is 3.60. The summed E-state index contributed by atoms with van der Waals surface area (Å²) in [5.74, 6) is 1.73. The summed E-state index contributed by atoms with van der Waals surface area (Å²) in [4.78, 5) is 8.36. The van der Waals surface area contributed by atoms with Crippen LogP contribution in [0.15, 0.2) is 36.9 Å². The highest BCUT2D eigenvalue weighted by molar-refractivity contribution is 5.78. The topological polar surface area (TPSA) is 73.7 Å². The minimum atomic E-state index is -0.428. The molecule has 4 rings (SSSR count). The standard InChI is InChI=1S/C23H24N4O/c1-5-9-23(3,22-26-17-7-6-15(13-24)12-18(17)27-22)20-16-8-10-25-21(16)14(2)11-19(20)28-4/h5-7,11-12,25H,1,8-10H2,2-4H3,(H,26,27). The lowest BCUT2D eigenvalue weighted by Crippen LogP contribution is -2.27. The van der Waals surface area contributed by atoms with Gasteiger partial charge in [0.1, 0.15) is 11.6 Å². The molecule has 1 unspecified atom stereocenters. The number of nitrogens with zero attached hydrogens (tertiary/aromatic N) is 2. The average molecular weight is 372 g/mol. The Morgan fingerprint density at radius 3 is 2.93 bits per heavy atom. The van der Waals surface area contributed by atoms with Gasteiger partial charge in [-0.2, -0.15) is 5.26 Å². The van der Waals surface area contributed by atoms with Crippen LogP contribution in [0.4, 0.5) is 5.69 Å². The quantitative estimate of drug-likeness (QED) is 0.642. The largest absolute Gasteiger partial charge is 0.496 e. The maximum absolute atomic E-state index is 9.20. The number of aromatic amines is 1. The maximum Gasteiger partial charge on any atom is 0.123 e. The smallest absolute Gasteiger partial charge is 0.123 e. The Bertz CT molecular complexity index is 1120. The molecule has 5 heteroatoms. The number of methoxy groups -OCH3 is 1. The van der Waals surface area contributed by atoms with Gasteiger partial charge in [0.05, 0.1) is 35.2 Å². The Kier molecular flexibility index (Phi) is 4.35. The van der Waals surface area contributed by atoms with Gasteiger partial charge in [-0.1, -0.05) is 6.08 Å². The van der Waals surface area contributed by atoms with Crippen LogP contribution in [0.1, 0.15) is 41.4 Å². The number of allylic oxidation sites excluding steroid dienone is 1. The Morgan fingerprint density at radius 2 is 2.21 bits per heavy atom. The lowest BCUT2D eigenvalue weighted by molar-refractivity contribution is 0.394. The van der Waals surface area contributed by atoms with E-state index in [4.69, 9.17) is 9.72 Å². The van der Waals surface area contributed by atoms with E-state index >= 15 is 0 Å². The molecule has 0 aliphatic carbocycles. The second-order valence-corrected chi connectivity index (χ2v) is 7.56. The lowest BCUT2D eigenvalue weighted by Gasteiger charge is -2.31. The van der Waals surface area contributed by atoms with Crippen LogP contribution in [0.5, 0.6) is 5.75 Å². The van der Waals surface area contributed by atoms with Crippen molar-refractivity contribution in [1.82, 2.24) is 9.97 Å². The molecule has 0 saturated carbocycles. The van der Waals surface area contributed by atoms with E-state index < -0.39 is 5.41 Å². The summed E-state index contributed by atoms with van der Waals surface area (Å²) in [5, 5.41) is 12.7. The maximum atomic E-state index is 9.20. The molecule has 28 heavy (non-hydrogen) atoms. The van der Waals surface area contributed by atoms with Crippen molar-refractivity contribution < 1.29 is 4.74 Å². The summed E-state index contributed by atoms with van der Waals surface area (Å²) >= 11 is 0. The number of benzene rings is 2. The van der Waals surface area contributed by atoms with E-state index in [9.17, 15) is 5.26 Å². The van der Waals surface area contributed by atoms with Crippen molar-refractivity contribution >= 4 is 16.7 Å². The van der Waals surface area contributed by atoms with Crippen LogP contribution >= 0.6 is 0 Å². The minimum absolute atomic E-state index is 0.428. The summed E-state index contributed by atoms with van der Waals surface area (Å²) in [6, 6.07) is 9.83. The number of hydrogen-bond acceptors (Lipinski definition) is 4. The van der Waals surface area contributed by atoms with Gasteiger partial charge in [-0.05, 0) is 62.1 Å². The highest BCUT2D eigenvalue weighted by atomic mass is 16.5. The molecule has 0 amide bonds. The van der Waals surface area contributed by atoms with E-state index in [0.717, 1.165) is 41.1 Å². The van der Waals surface area contributed by atoms with Crippen molar-refractivity contribution in [1.29, 1.82) is 5.26 Å². The van der Waals surface area contributed by atoms with Gasteiger partial charge in [-0.3, -0.25) is 0 Å². The van der Waals surface area contributed by atoms with Gasteiger partial charge in [0.2, 0.25) is 0 Å². The Hall–Kier alpha value is -3.26. The fraction of sp³-hybridized carbons (Fsp3) is 0.304. The molecule has 5 nitrogen and oxygen atoms in total. The van der Waals surface area contributed by atoms with Gasteiger partial charge in [0.25, 0.3) is 0 Å². The van der Waals surface area contributed by atoms with E-state index in [2.05, 4.69) is 42.9 Å². The first-order valence-corrected chi connectivity index (χ1v) is 9.48. The molecule has 1 atom stereocenters. The van der Waals surface area contributed by atoms with Gasteiger partial charge in [0.15, 0.2) is 0 Å². The summed E-state index contributed by atoms with van der Waals surface area (Å²) in [6.45, 7) is 9.22. The second kappa shape index (κ2) is 6.72. The third-order valence-corrected chi connectivity index (χ3v) is 5.73. The molecule has 142 valence electrons. The highest BCUT2D eigenvalue weighted by Gasteiger charge is 2.38. The first-order chi connectivity index (χ1) is 13.5. The zero-order chi connectivity index (χ0) is 19.9. The van der Waals surface area contributed by atoms with Crippen LogP contribution < -0.4 is 10.1 Å². The Balaban J connectivity index is 1.98. The molecule has 2 heterocycles. The third kappa shape index (κ3) is 2.65. The number of rotatable bonds is 5. The van der Waals surface area contributed by atoms with E-state index in [0.29, 0.717) is 12.0 Å². The molecule has 0 fully saturated rings. The molecular formula is C23H24N4O. The fourth-order valence-corrected chi connectivity index (χ4v) is 4.37. The highest BCUT2D eigenvalue weighted by Crippen LogP contribution is 2.46. The Morgan fingerprint density at radius 1 is 1.39 bits per heavy atom. The zero-order valence-corrected chi connectivity index (χ0v) is 16.5. The van der Waals surface area contributed by atoms with Crippen molar-refractivity contribution in [3.63, 3.8) is 0 Å². The number of imidazole rings is 1. The van der Waals surface area contributed by atoms with E-state index in [1.54, 1.807) is 7.11 Å². The molecule has 0 bridgehead atoms. The minimum Gasteiger partial charge on any atom is -0.496 e. The molecule has 0 saturated heterocycles. The van der Waals surface area contributed by atoms with Crippen LogP contribution in [0.2, 0.25) is 0 Å². The fourth-order valence-electron chi connectivity index (χ4n) is 4.37. The van der Waals surface area contributed by atoms with Gasteiger partial charge in [-0.15, -0.1) is 6.58 Å². The molecule has 1 aromatic heterocycles. The SMILES string of the molecule is C=CCC(C)(c1nc2cc(C#N)ccc2[nH]1)c1c(OC)cc(C)c2c1CCN2.